The third-order valence-electron chi connectivity index (χ3n) is 4.67. The predicted molar refractivity (Wildman–Crippen MR) is 90.1 cm³/mol. The van der Waals surface area contributed by atoms with Crippen molar-refractivity contribution in [3.63, 3.8) is 0 Å². The van der Waals surface area contributed by atoms with Crippen LogP contribution in [0, 0.1) is 11.2 Å². The van der Waals surface area contributed by atoms with Gasteiger partial charge in [0.2, 0.25) is 0 Å². The molecule has 6 nitrogen and oxygen atoms in total. The highest BCUT2D eigenvalue weighted by Crippen LogP contribution is 2.32. The SMILES string of the molecule is CC(C)c1c(C(=O)N2CC(CO)(CO)C2)cnn1-c1ccc(F)cc1. The molecule has 1 aliphatic rings. The number of aromatic nitrogens is 2. The van der Waals surface area contributed by atoms with Crippen molar-refractivity contribution in [3.8, 4) is 5.69 Å². The highest BCUT2D eigenvalue weighted by atomic mass is 19.1. The summed E-state index contributed by atoms with van der Waals surface area (Å²) in [5, 5.41) is 23.1. The number of aliphatic hydroxyl groups excluding tert-OH is 2. The number of hydrogen-bond acceptors (Lipinski definition) is 4. The van der Waals surface area contributed by atoms with Crippen molar-refractivity contribution in [2.75, 3.05) is 26.3 Å². The third kappa shape index (κ3) is 3.05. The fourth-order valence-electron chi connectivity index (χ4n) is 3.19. The summed E-state index contributed by atoms with van der Waals surface area (Å²) in [5.74, 6) is -0.467. The summed E-state index contributed by atoms with van der Waals surface area (Å²) in [4.78, 5) is 14.4. The van der Waals surface area contributed by atoms with Crippen molar-refractivity contribution in [3.05, 3.63) is 47.5 Å². The molecule has 0 spiro atoms. The average molecular weight is 347 g/mol. The maximum absolute atomic E-state index is 13.2. The van der Waals surface area contributed by atoms with Crippen molar-refractivity contribution >= 4 is 5.91 Å². The van der Waals surface area contributed by atoms with Crippen LogP contribution < -0.4 is 0 Å². The summed E-state index contributed by atoms with van der Waals surface area (Å²) >= 11 is 0. The molecule has 0 bridgehead atoms. The van der Waals surface area contributed by atoms with E-state index in [1.54, 1.807) is 21.7 Å². The lowest BCUT2D eigenvalue weighted by Crippen LogP contribution is -2.62. The molecule has 2 aromatic rings. The Morgan fingerprint density at radius 3 is 2.36 bits per heavy atom. The first-order chi connectivity index (χ1) is 11.9. The molecule has 2 N–H and O–H groups in total. The molecule has 7 heteroatoms. The van der Waals surface area contributed by atoms with Crippen molar-refractivity contribution in [1.29, 1.82) is 0 Å². The Hall–Kier alpha value is -2.25. The van der Waals surface area contributed by atoms with Crippen LogP contribution >= 0.6 is 0 Å². The van der Waals surface area contributed by atoms with Crippen LogP contribution in [-0.4, -0.2) is 57.1 Å². The zero-order valence-electron chi connectivity index (χ0n) is 14.3. The van der Waals surface area contributed by atoms with E-state index in [0.717, 1.165) is 5.69 Å². The second kappa shape index (κ2) is 6.57. The molecule has 134 valence electrons. The van der Waals surface area contributed by atoms with E-state index >= 15 is 0 Å². The van der Waals surface area contributed by atoms with Crippen LogP contribution in [0.25, 0.3) is 5.69 Å². The van der Waals surface area contributed by atoms with Crippen LogP contribution in [-0.2, 0) is 0 Å². The summed E-state index contributed by atoms with van der Waals surface area (Å²) < 4.78 is 14.8. The number of likely N-dealkylation sites (tertiary alicyclic amines) is 1. The number of nitrogens with zero attached hydrogens (tertiary/aromatic N) is 3. The molecule has 1 saturated heterocycles. The standard InChI is InChI=1S/C18H22FN3O3/c1-12(2)16-15(17(25)21-8-18(9-21,10-23)11-24)7-20-22(16)14-5-3-13(19)4-6-14/h3-7,12,23-24H,8-11H2,1-2H3. The van der Waals surface area contributed by atoms with E-state index in [-0.39, 0.29) is 30.9 Å². The van der Waals surface area contributed by atoms with Crippen LogP contribution in [0.1, 0.15) is 35.8 Å². The van der Waals surface area contributed by atoms with Crippen LogP contribution in [0.3, 0.4) is 0 Å². The molecule has 1 aromatic heterocycles. The van der Waals surface area contributed by atoms with Crippen LogP contribution in [0.4, 0.5) is 4.39 Å². The normalized spacial score (nSPS) is 16.2. The fourth-order valence-corrected chi connectivity index (χ4v) is 3.19. The number of carbonyl (C=O) groups excluding carboxylic acids is 1. The number of halogens is 1. The lowest BCUT2D eigenvalue weighted by Gasteiger charge is -2.48. The van der Waals surface area contributed by atoms with E-state index in [9.17, 15) is 19.4 Å². The second-order valence-electron chi connectivity index (χ2n) is 6.96. The fraction of sp³-hybridized carbons (Fsp3) is 0.444. The Bertz CT molecular complexity index is 758. The number of carbonyl (C=O) groups is 1. The van der Waals surface area contributed by atoms with E-state index in [2.05, 4.69) is 5.10 Å². The van der Waals surface area contributed by atoms with Crippen LogP contribution in [0.2, 0.25) is 0 Å². The maximum atomic E-state index is 13.2. The van der Waals surface area contributed by atoms with Gasteiger partial charge in [0.1, 0.15) is 5.82 Å². The molecule has 3 rings (SSSR count). The molecule has 0 radical (unpaired) electrons. The summed E-state index contributed by atoms with van der Waals surface area (Å²) in [6.07, 6.45) is 1.53. The molecule has 2 heterocycles. The highest BCUT2D eigenvalue weighted by Gasteiger charge is 2.45. The summed E-state index contributed by atoms with van der Waals surface area (Å²) in [5.41, 5.74) is 1.32. The zero-order chi connectivity index (χ0) is 18.2. The summed E-state index contributed by atoms with van der Waals surface area (Å²) in [7, 11) is 0. The number of amides is 1. The molecule has 1 fully saturated rings. The smallest absolute Gasteiger partial charge is 0.257 e. The largest absolute Gasteiger partial charge is 0.396 e. The number of hydrogen-bond donors (Lipinski definition) is 2. The number of benzene rings is 1. The Morgan fingerprint density at radius 1 is 1.24 bits per heavy atom. The van der Waals surface area contributed by atoms with Crippen molar-refractivity contribution in [2.24, 2.45) is 5.41 Å². The third-order valence-corrected chi connectivity index (χ3v) is 4.67. The Balaban J connectivity index is 1.90. The Kier molecular flexibility index (Phi) is 4.62. The van der Waals surface area contributed by atoms with Gasteiger partial charge >= 0.3 is 0 Å². The minimum absolute atomic E-state index is 0.0354. The molecule has 0 atom stereocenters. The van der Waals surface area contributed by atoms with E-state index in [1.807, 2.05) is 13.8 Å². The molecule has 1 aliphatic heterocycles. The van der Waals surface area contributed by atoms with Gasteiger partial charge in [-0.3, -0.25) is 4.79 Å². The summed E-state index contributed by atoms with van der Waals surface area (Å²) in [6.45, 7) is 4.26. The van der Waals surface area contributed by atoms with Crippen LogP contribution in [0.15, 0.2) is 30.5 Å². The van der Waals surface area contributed by atoms with Gasteiger partial charge in [-0.2, -0.15) is 5.10 Å². The van der Waals surface area contributed by atoms with Gasteiger partial charge in [0.15, 0.2) is 0 Å². The van der Waals surface area contributed by atoms with E-state index in [1.165, 1.54) is 18.3 Å². The predicted octanol–water partition coefficient (Wildman–Crippen LogP) is 1.56. The van der Waals surface area contributed by atoms with E-state index in [0.29, 0.717) is 24.3 Å². The van der Waals surface area contributed by atoms with Gasteiger partial charge < -0.3 is 15.1 Å². The topological polar surface area (TPSA) is 78.6 Å². The van der Waals surface area contributed by atoms with Crippen molar-refractivity contribution in [2.45, 2.75) is 19.8 Å². The average Bonchev–Trinajstić information content (AvgIpc) is 3.00. The number of aliphatic hydroxyl groups is 2. The van der Waals surface area contributed by atoms with Gasteiger partial charge in [0.05, 0.1) is 41.8 Å². The Morgan fingerprint density at radius 2 is 1.84 bits per heavy atom. The molecule has 0 saturated carbocycles. The monoisotopic (exact) mass is 347 g/mol. The van der Waals surface area contributed by atoms with Gasteiger partial charge in [0.25, 0.3) is 5.91 Å². The maximum Gasteiger partial charge on any atom is 0.257 e. The van der Waals surface area contributed by atoms with E-state index < -0.39 is 5.41 Å². The van der Waals surface area contributed by atoms with E-state index in [4.69, 9.17) is 0 Å². The first-order valence-corrected chi connectivity index (χ1v) is 8.25. The highest BCUT2D eigenvalue weighted by molar-refractivity contribution is 5.96. The van der Waals surface area contributed by atoms with Crippen molar-refractivity contribution < 1.29 is 19.4 Å². The van der Waals surface area contributed by atoms with Crippen LogP contribution in [0.5, 0.6) is 0 Å². The lowest BCUT2D eigenvalue weighted by molar-refractivity contribution is -0.0589. The lowest BCUT2D eigenvalue weighted by atomic mass is 9.81. The first-order valence-electron chi connectivity index (χ1n) is 8.25. The minimum atomic E-state index is -0.611. The number of rotatable bonds is 5. The van der Waals surface area contributed by atoms with Gasteiger partial charge in [-0.15, -0.1) is 0 Å². The molecular weight excluding hydrogens is 325 g/mol. The molecule has 1 amide bonds. The molecular formula is C18H22FN3O3. The van der Waals surface area contributed by atoms with Gasteiger partial charge in [-0.1, -0.05) is 13.8 Å². The molecule has 25 heavy (non-hydrogen) atoms. The molecule has 0 unspecified atom stereocenters. The van der Waals surface area contributed by atoms with Crippen molar-refractivity contribution in [1.82, 2.24) is 14.7 Å². The molecule has 1 aromatic carbocycles. The quantitative estimate of drug-likeness (QED) is 0.860. The first kappa shape index (κ1) is 17.6. The van der Waals surface area contributed by atoms with Gasteiger partial charge in [-0.25, -0.2) is 9.07 Å². The minimum Gasteiger partial charge on any atom is -0.396 e. The zero-order valence-corrected chi connectivity index (χ0v) is 14.3. The Labute approximate surface area is 145 Å². The molecule has 0 aliphatic carbocycles. The second-order valence-corrected chi connectivity index (χ2v) is 6.96. The van der Waals surface area contributed by atoms with Gasteiger partial charge in [0, 0.05) is 13.1 Å². The summed E-state index contributed by atoms with van der Waals surface area (Å²) in [6, 6.07) is 5.95. The van der Waals surface area contributed by atoms with Gasteiger partial charge in [-0.05, 0) is 30.2 Å².